The first kappa shape index (κ1) is 21.5. The molecule has 32 heavy (non-hydrogen) atoms. The Morgan fingerprint density at radius 2 is 1.62 bits per heavy atom. The number of fused-ring (bicyclic) bond motifs is 3. The first-order chi connectivity index (χ1) is 15.6. The third-order valence-electron chi connectivity index (χ3n) is 7.15. The van der Waals surface area contributed by atoms with Gasteiger partial charge >= 0.3 is 0 Å². The van der Waals surface area contributed by atoms with Crippen molar-refractivity contribution in [3.8, 4) is 0 Å². The number of hydrogen-bond acceptors (Lipinski definition) is 5. The third-order valence-corrected chi connectivity index (χ3v) is 8.06. The van der Waals surface area contributed by atoms with Crippen molar-refractivity contribution in [2.75, 3.05) is 5.75 Å². The molecule has 1 aromatic carbocycles. The maximum atomic E-state index is 13.6. The van der Waals surface area contributed by atoms with E-state index in [9.17, 15) is 9.59 Å². The van der Waals surface area contributed by atoms with Crippen LogP contribution in [0.4, 0.5) is 0 Å². The smallest absolute Gasteiger partial charge is 0.262 e. The van der Waals surface area contributed by atoms with E-state index in [2.05, 4.69) is 15.1 Å². The van der Waals surface area contributed by atoms with Crippen LogP contribution >= 0.6 is 11.8 Å². The van der Waals surface area contributed by atoms with E-state index < -0.39 is 0 Å². The molecule has 0 spiro atoms. The highest BCUT2D eigenvalue weighted by atomic mass is 32.2. The van der Waals surface area contributed by atoms with Crippen LogP contribution in [-0.4, -0.2) is 47.8 Å². The second kappa shape index (κ2) is 9.25. The summed E-state index contributed by atoms with van der Waals surface area (Å²) in [5, 5.41) is 9.90. The summed E-state index contributed by atoms with van der Waals surface area (Å²) in [6, 6.07) is 8.28. The molecule has 1 amide bonds. The molecule has 8 heteroatoms. The van der Waals surface area contributed by atoms with Gasteiger partial charge in [0.1, 0.15) is 0 Å². The van der Waals surface area contributed by atoms with E-state index in [1.54, 1.807) is 7.05 Å². The number of nitrogens with zero attached hydrogens (tertiary/aromatic N) is 5. The van der Waals surface area contributed by atoms with E-state index in [-0.39, 0.29) is 11.5 Å². The zero-order valence-electron chi connectivity index (χ0n) is 18.7. The minimum Gasteiger partial charge on any atom is -0.336 e. The van der Waals surface area contributed by atoms with Crippen molar-refractivity contribution in [1.29, 1.82) is 0 Å². The number of carbonyl (C=O) groups excluding carboxylic acids is 1. The van der Waals surface area contributed by atoms with Crippen LogP contribution in [0.15, 0.2) is 34.2 Å². The van der Waals surface area contributed by atoms with Crippen LogP contribution in [0.1, 0.15) is 64.2 Å². The second-order valence-corrected chi connectivity index (χ2v) is 10.1. The standard InChI is InChI=1S/C24H31N5O2S/c1-27-22(31)19-14-8-9-15-20(19)29-23(27)25-26-24(29)32-16-21(30)28(17-10-4-2-5-11-17)18-12-6-3-7-13-18/h8-9,14-15,17-18H,2-7,10-13,16H2,1H3. The monoisotopic (exact) mass is 453 g/mol. The molecule has 0 radical (unpaired) electrons. The number of hydrogen-bond donors (Lipinski definition) is 0. The lowest BCUT2D eigenvalue weighted by atomic mass is 9.88. The highest BCUT2D eigenvalue weighted by Gasteiger charge is 2.32. The number of aryl methyl sites for hydroxylation is 1. The van der Waals surface area contributed by atoms with E-state index in [1.165, 1.54) is 54.9 Å². The van der Waals surface area contributed by atoms with Crippen molar-refractivity contribution in [1.82, 2.24) is 24.1 Å². The molecule has 170 valence electrons. The fraction of sp³-hybridized carbons (Fsp3) is 0.583. The Hall–Kier alpha value is -2.35. The van der Waals surface area contributed by atoms with Crippen LogP contribution in [0.2, 0.25) is 0 Å². The van der Waals surface area contributed by atoms with Crippen LogP contribution < -0.4 is 5.56 Å². The molecular weight excluding hydrogens is 422 g/mol. The summed E-state index contributed by atoms with van der Waals surface area (Å²) in [5.74, 6) is 1.07. The van der Waals surface area contributed by atoms with E-state index >= 15 is 0 Å². The van der Waals surface area contributed by atoms with Gasteiger partial charge in [0.25, 0.3) is 5.56 Å². The van der Waals surface area contributed by atoms with Gasteiger partial charge in [-0.25, -0.2) is 0 Å². The zero-order valence-corrected chi connectivity index (χ0v) is 19.5. The maximum Gasteiger partial charge on any atom is 0.262 e. The molecule has 2 aromatic heterocycles. The minimum atomic E-state index is -0.0890. The van der Waals surface area contributed by atoms with Gasteiger partial charge in [0.15, 0.2) is 5.16 Å². The lowest BCUT2D eigenvalue weighted by molar-refractivity contribution is -0.135. The predicted molar refractivity (Wildman–Crippen MR) is 127 cm³/mol. The van der Waals surface area contributed by atoms with Crippen LogP contribution in [0.5, 0.6) is 0 Å². The average molecular weight is 454 g/mol. The van der Waals surface area contributed by atoms with E-state index in [0.717, 1.165) is 31.2 Å². The second-order valence-electron chi connectivity index (χ2n) is 9.17. The van der Waals surface area contributed by atoms with Crippen molar-refractivity contribution >= 4 is 34.3 Å². The van der Waals surface area contributed by atoms with Gasteiger partial charge < -0.3 is 4.90 Å². The Balaban J connectivity index is 1.42. The molecule has 7 nitrogen and oxygen atoms in total. The first-order valence-corrected chi connectivity index (χ1v) is 12.9. The van der Waals surface area contributed by atoms with Crippen molar-refractivity contribution in [2.45, 2.75) is 81.4 Å². The highest BCUT2D eigenvalue weighted by molar-refractivity contribution is 7.99. The lowest BCUT2D eigenvalue weighted by Crippen LogP contribution is -2.49. The highest BCUT2D eigenvalue weighted by Crippen LogP contribution is 2.31. The summed E-state index contributed by atoms with van der Waals surface area (Å²) in [6.45, 7) is 0. The van der Waals surface area contributed by atoms with E-state index in [4.69, 9.17) is 0 Å². The molecule has 2 fully saturated rings. The maximum absolute atomic E-state index is 13.6. The molecule has 0 aliphatic heterocycles. The number of thioether (sulfide) groups is 1. The fourth-order valence-electron chi connectivity index (χ4n) is 5.53. The molecular formula is C24H31N5O2S. The Bertz CT molecular complexity index is 1160. The Kier molecular flexibility index (Phi) is 6.22. The minimum absolute atomic E-state index is 0.0890. The molecule has 0 saturated heterocycles. The van der Waals surface area contributed by atoms with Gasteiger partial charge in [0.05, 0.1) is 16.7 Å². The predicted octanol–water partition coefficient (Wildman–Crippen LogP) is 4.17. The SMILES string of the molecule is Cn1c(=O)c2ccccc2n2c(SCC(=O)N(C3CCCCC3)C3CCCCC3)nnc12. The molecule has 2 aliphatic carbocycles. The van der Waals surface area contributed by atoms with Gasteiger partial charge in [-0.2, -0.15) is 0 Å². The largest absolute Gasteiger partial charge is 0.336 e. The molecule has 0 bridgehead atoms. The average Bonchev–Trinajstić information content (AvgIpc) is 3.27. The van der Waals surface area contributed by atoms with Crippen LogP contribution in [0.3, 0.4) is 0 Å². The van der Waals surface area contributed by atoms with Gasteiger partial charge in [-0.1, -0.05) is 62.4 Å². The number of rotatable bonds is 5. The van der Waals surface area contributed by atoms with Gasteiger partial charge in [-0.05, 0) is 37.8 Å². The lowest BCUT2D eigenvalue weighted by Gasteiger charge is -2.41. The van der Waals surface area contributed by atoms with Crippen molar-refractivity contribution in [3.05, 3.63) is 34.6 Å². The molecule has 2 saturated carbocycles. The molecule has 0 unspecified atom stereocenters. The van der Waals surface area contributed by atoms with Gasteiger partial charge in [0.2, 0.25) is 11.7 Å². The van der Waals surface area contributed by atoms with Gasteiger partial charge in [-0.3, -0.25) is 18.6 Å². The summed E-state index contributed by atoms with van der Waals surface area (Å²) in [5.41, 5.74) is 0.691. The fourth-order valence-corrected chi connectivity index (χ4v) is 6.34. The van der Waals surface area contributed by atoms with Crippen molar-refractivity contribution in [2.24, 2.45) is 7.05 Å². The Morgan fingerprint density at radius 3 is 2.28 bits per heavy atom. The molecule has 5 rings (SSSR count). The van der Waals surface area contributed by atoms with E-state index in [0.29, 0.717) is 34.2 Å². The summed E-state index contributed by atoms with van der Waals surface area (Å²) < 4.78 is 3.43. The third kappa shape index (κ3) is 3.93. The Morgan fingerprint density at radius 1 is 1.00 bits per heavy atom. The van der Waals surface area contributed by atoms with Crippen molar-refractivity contribution in [3.63, 3.8) is 0 Å². The Labute approximate surface area is 192 Å². The van der Waals surface area contributed by atoms with Crippen LogP contribution in [0, 0.1) is 0 Å². The summed E-state index contributed by atoms with van der Waals surface area (Å²) >= 11 is 1.43. The molecule has 3 aromatic rings. The number of para-hydroxylation sites is 1. The van der Waals surface area contributed by atoms with Crippen LogP contribution in [0.25, 0.3) is 16.7 Å². The molecule has 0 atom stereocenters. The summed E-state index contributed by atoms with van der Waals surface area (Å²) in [6.07, 6.45) is 12.0. The summed E-state index contributed by atoms with van der Waals surface area (Å²) in [7, 11) is 1.71. The normalized spacial score (nSPS) is 18.4. The topological polar surface area (TPSA) is 72.5 Å². The van der Waals surface area contributed by atoms with E-state index in [1.807, 2.05) is 28.7 Å². The number of benzene rings is 1. The number of carbonyl (C=O) groups is 1. The zero-order chi connectivity index (χ0) is 22.1. The summed E-state index contributed by atoms with van der Waals surface area (Å²) in [4.78, 5) is 28.5. The quantitative estimate of drug-likeness (QED) is 0.542. The van der Waals surface area contributed by atoms with Gasteiger partial charge in [0, 0.05) is 19.1 Å². The first-order valence-electron chi connectivity index (χ1n) is 11.9. The number of amides is 1. The van der Waals surface area contributed by atoms with Gasteiger partial charge in [-0.15, -0.1) is 10.2 Å². The van der Waals surface area contributed by atoms with Crippen LogP contribution in [-0.2, 0) is 11.8 Å². The molecule has 0 N–H and O–H groups in total. The number of aromatic nitrogens is 4. The molecule has 2 heterocycles. The molecule has 2 aliphatic rings. The van der Waals surface area contributed by atoms with Crippen molar-refractivity contribution < 1.29 is 4.79 Å².